The molecule has 2 aromatic heterocycles. The van der Waals surface area contributed by atoms with Crippen LogP contribution < -0.4 is 33.0 Å². The van der Waals surface area contributed by atoms with Gasteiger partial charge in [-0.1, -0.05) is 13.3 Å². The van der Waals surface area contributed by atoms with Gasteiger partial charge in [-0.15, -0.1) is 0 Å². The molecule has 2 heterocycles. The second-order valence-corrected chi connectivity index (χ2v) is 5.45. The van der Waals surface area contributed by atoms with Gasteiger partial charge in [0.05, 0.1) is 11.9 Å². The summed E-state index contributed by atoms with van der Waals surface area (Å²) in [6, 6.07) is 0.0379. The fourth-order valence-corrected chi connectivity index (χ4v) is 2.04. The molecular formula is C15H19FN8O3. The van der Waals surface area contributed by atoms with E-state index in [9.17, 15) is 18.8 Å². The van der Waals surface area contributed by atoms with E-state index in [1.54, 1.807) is 0 Å². The number of nitrogens with two attached hydrogens (primary N) is 2. The number of halogens is 1. The van der Waals surface area contributed by atoms with Gasteiger partial charge < -0.3 is 22.1 Å². The normalized spacial score (nSPS) is 10.3. The maximum Gasteiger partial charge on any atom is 0.323 e. The topological polar surface area (TPSA) is 181 Å². The van der Waals surface area contributed by atoms with Gasteiger partial charge in [-0.05, 0) is 6.42 Å². The predicted molar refractivity (Wildman–Crippen MR) is 97.8 cm³/mol. The van der Waals surface area contributed by atoms with E-state index in [0.29, 0.717) is 6.54 Å². The number of nitrogen functional groups attached to an aromatic ring is 2. The number of carbonyl (C=O) groups excluding carboxylic acids is 2. The number of aromatic amines is 1. The predicted octanol–water partition coefficient (Wildman–Crippen LogP) is 0.642. The number of pyridine rings is 1. The number of H-pyrrole nitrogens is 1. The zero-order valence-electron chi connectivity index (χ0n) is 14.4. The van der Waals surface area contributed by atoms with Crippen molar-refractivity contribution in [3.8, 4) is 0 Å². The third-order valence-corrected chi connectivity index (χ3v) is 3.33. The number of aromatic nitrogens is 3. The molecule has 0 fully saturated rings. The largest absolute Gasteiger partial charge is 0.382 e. The molecule has 0 unspecified atom stereocenters. The van der Waals surface area contributed by atoms with Gasteiger partial charge >= 0.3 is 6.03 Å². The van der Waals surface area contributed by atoms with Crippen LogP contribution in [-0.4, -0.2) is 33.4 Å². The van der Waals surface area contributed by atoms with Crippen molar-refractivity contribution in [3.63, 3.8) is 0 Å². The molecule has 27 heavy (non-hydrogen) atoms. The highest BCUT2D eigenvalue weighted by Gasteiger charge is 2.16. The second-order valence-electron chi connectivity index (χ2n) is 5.45. The fraction of sp³-hybridized carbons (Fsp3) is 0.267. The minimum absolute atomic E-state index is 0.0338. The van der Waals surface area contributed by atoms with Crippen molar-refractivity contribution >= 4 is 35.1 Å². The summed E-state index contributed by atoms with van der Waals surface area (Å²) in [6.07, 6.45) is 2.74. The van der Waals surface area contributed by atoms with Crippen molar-refractivity contribution in [2.24, 2.45) is 0 Å². The number of unbranched alkanes of at least 4 members (excludes halogenated alkanes) is 1. The number of amides is 3. The zero-order valence-corrected chi connectivity index (χ0v) is 14.4. The lowest BCUT2D eigenvalue weighted by molar-refractivity contribution is 0.0943. The summed E-state index contributed by atoms with van der Waals surface area (Å²) >= 11 is 0. The fourth-order valence-electron chi connectivity index (χ4n) is 2.04. The molecule has 0 aliphatic heterocycles. The first-order chi connectivity index (χ1) is 12.8. The van der Waals surface area contributed by atoms with Crippen LogP contribution in [-0.2, 0) is 0 Å². The first-order valence-corrected chi connectivity index (χ1v) is 7.98. The van der Waals surface area contributed by atoms with Crippen molar-refractivity contribution in [1.82, 2.24) is 20.3 Å². The molecule has 0 aliphatic carbocycles. The Labute approximate surface area is 152 Å². The van der Waals surface area contributed by atoms with E-state index in [-0.39, 0.29) is 28.8 Å². The molecule has 0 radical (unpaired) electrons. The van der Waals surface area contributed by atoms with Crippen molar-refractivity contribution in [2.45, 2.75) is 19.8 Å². The summed E-state index contributed by atoms with van der Waals surface area (Å²) in [5.41, 5.74) is 9.35. The molecule has 0 saturated heterocycles. The molecule has 12 heteroatoms. The van der Waals surface area contributed by atoms with E-state index in [1.165, 1.54) is 0 Å². The Bertz CT molecular complexity index is 914. The summed E-state index contributed by atoms with van der Waals surface area (Å²) in [7, 11) is 0. The highest BCUT2D eigenvalue weighted by molar-refractivity contribution is 6.01. The molecule has 2 rings (SSSR count). The van der Waals surface area contributed by atoms with E-state index in [0.717, 1.165) is 25.1 Å². The van der Waals surface area contributed by atoms with Crippen molar-refractivity contribution in [2.75, 3.05) is 28.6 Å². The molecule has 0 aliphatic rings. The summed E-state index contributed by atoms with van der Waals surface area (Å²) in [5, 5.41) is 6.99. The molecule has 0 saturated carbocycles. The summed E-state index contributed by atoms with van der Waals surface area (Å²) in [6.45, 7) is 2.36. The lowest BCUT2D eigenvalue weighted by Crippen LogP contribution is -2.28. The van der Waals surface area contributed by atoms with Crippen LogP contribution in [0.2, 0.25) is 0 Å². The van der Waals surface area contributed by atoms with Gasteiger partial charge in [0.15, 0.2) is 23.0 Å². The van der Waals surface area contributed by atoms with Crippen molar-refractivity contribution in [3.05, 3.63) is 34.1 Å². The van der Waals surface area contributed by atoms with Crippen LogP contribution in [0.5, 0.6) is 0 Å². The third kappa shape index (κ3) is 5.14. The highest BCUT2D eigenvalue weighted by atomic mass is 19.1. The Hall–Kier alpha value is -3.70. The minimum atomic E-state index is -0.909. The third-order valence-electron chi connectivity index (χ3n) is 3.33. The van der Waals surface area contributed by atoms with Gasteiger partial charge in [0.25, 0.3) is 11.5 Å². The molecule has 0 bridgehead atoms. The van der Waals surface area contributed by atoms with Gasteiger partial charge in [0, 0.05) is 12.6 Å². The molecule has 11 nitrogen and oxygen atoms in total. The Kier molecular flexibility index (Phi) is 6.25. The average molecular weight is 378 g/mol. The Morgan fingerprint density at radius 1 is 1.30 bits per heavy atom. The molecule has 144 valence electrons. The number of nitrogens with one attached hydrogen (secondary N) is 4. The van der Waals surface area contributed by atoms with Crippen LogP contribution in [0.4, 0.5) is 32.3 Å². The minimum Gasteiger partial charge on any atom is -0.382 e. The number of hydrogen-bond donors (Lipinski definition) is 6. The smallest absolute Gasteiger partial charge is 0.323 e. The lowest BCUT2D eigenvalue weighted by Gasteiger charge is -2.10. The monoisotopic (exact) mass is 378 g/mol. The van der Waals surface area contributed by atoms with E-state index in [2.05, 4.69) is 30.9 Å². The van der Waals surface area contributed by atoms with Gasteiger partial charge in [0.1, 0.15) is 0 Å². The van der Waals surface area contributed by atoms with E-state index >= 15 is 0 Å². The van der Waals surface area contributed by atoms with Gasteiger partial charge in [-0.3, -0.25) is 19.9 Å². The van der Waals surface area contributed by atoms with Gasteiger partial charge in [0.2, 0.25) is 5.95 Å². The summed E-state index contributed by atoms with van der Waals surface area (Å²) < 4.78 is 14.1. The Morgan fingerprint density at radius 3 is 2.67 bits per heavy atom. The summed E-state index contributed by atoms with van der Waals surface area (Å²) in [5.74, 6) is -2.05. The maximum absolute atomic E-state index is 14.1. The zero-order chi connectivity index (χ0) is 20.0. The Balaban J connectivity index is 2.05. The van der Waals surface area contributed by atoms with E-state index in [1.807, 2.05) is 6.92 Å². The molecule has 0 spiro atoms. The molecule has 8 N–H and O–H groups in total. The molecule has 2 aromatic rings. The number of nitrogens with zero attached hydrogens (tertiary/aromatic N) is 2. The number of rotatable bonds is 6. The lowest BCUT2D eigenvalue weighted by atomic mass is 10.3. The molecular weight excluding hydrogens is 359 g/mol. The van der Waals surface area contributed by atoms with Gasteiger partial charge in [-0.25, -0.2) is 14.2 Å². The van der Waals surface area contributed by atoms with Crippen LogP contribution in [0.15, 0.2) is 17.1 Å². The molecule has 0 atom stereocenters. The highest BCUT2D eigenvalue weighted by Crippen LogP contribution is 2.14. The van der Waals surface area contributed by atoms with E-state index in [4.69, 9.17) is 11.5 Å². The van der Waals surface area contributed by atoms with Crippen LogP contribution >= 0.6 is 0 Å². The maximum atomic E-state index is 14.1. The Morgan fingerprint density at radius 2 is 2.04 bits per heavy atom. The summed E-state index contributed by atoms with van der Waals surface area (Å²) in [4.78, 5) is 45.0. The number of anilines is 4. The van der Waals surface area contributed by atoms with Crippen LogP contribution in [0.25, 0.3) is 0 Å². The van der Waals surface area contributed by atoms with Crippen molar-refractivity contribution < 1.29 is 14.0 Å². The SMILES string of the molecule is CCCCNC(=O)c1ncc(NC(=O)Nc2c(N)nc(N)[nH]c2=O)cc1F. The number of urea groups is 1. The van der Waals surface area contributed by atoms with Crippen LogP contribution in [0.1, 0.15) is 30.3 Å². The second kappa shape index (κ2) is 8.60. The standard InChI is InChI=1S/C15H19FN8O3/c1-2-3-4-19-12(25)9-8(16)5-7(6-20-9)21-15(27)22-10-11(17)23-14(18)24-13(10)26/h5-6H,2-4H2,1H3,(H,19,25)(H2,21,22,27)(H5,17,18,23,24,26). The van der Waals surface area contributed by atoms with Gasteiger partial charge in [-0.2, -0.15) is 4.98 Å². The van der Waals surface area contributed by atoms with Crippen molar-refractivity contribution in [1.29, 1.82) is 0 Å². The average Bonchev–Trinajstić information content (AvgIpc) is 2.58. The van der Waals surface area contributed by atoms with Crippen LogP contribution in [0, 0.1) is 5.82 Å². The quantitative estimate of drug-likeness (QED) is 0.399. The molecule has 0 aromatic carbocycles. The first-order valence-electron chi connectivity index (χ1n) is 7.98. The number of carbonyl (C=O) groups is 2. The number of hydrogen-bond acceptors (Lipinski definition) is 7. The first kappa shape index (κ1) is 19.6. The van der Waals surface area contributed by atoms with Crippen LogP contribution in [0.3, 0.4) is 0 Å². The van der Waals surface area contributed by atoms with E-state index < -0.39 is 23.3 Å². The molecule has 3 amide bonds.